The SMILES string of the molecule is COC(=O)c1ccc(Br)c(CN2CCC(OC)CC2)c1. The van der Waals surface area contributed by atoms with E-state index in [0.717, 1.165) is 42.5 Å². The molecule has 0 N–H and O–H groups in total. The monoisotopic (exact) mass is 341 g/mol. The maximum Gasteiger partial charge on any atom is 0.337 e. The molecule has 1 aliphatic heterocycles. The summed E-state index contributed by atoms with van der Waals surface area (Å²) in [5, 5.41) is 0. The van der Waals surface area contributed by atoms with Gasteiger partial charge in [-0.1, -0.05) is 15.9 Å². The number of rotatable bonds is 4. The molecule has 0 saturated carbocycles. The number of benzene rings is 1. The van der Waals surface area contributed by atoms with Crippen molar-refractivity contribution in [2.24, 2.45) is 0 Å². The van der Waals surface area contributed by atoms with Gasteiger partial charge in [0.1, 0.15) is 0 Å². The zero-order chi connectivity index (χ0) is 14.5. The summed E-state index contributed by atoms with van der Waals surface area (Å²) < 4.78 is 11.2. The van der Waals surface area contributed by atoms with Crippen LogP contribution in [0.15, 0.2) is 22.7 Å². The first-order chi connectivity index (χ1) is 9.63. The molecule has 0 aromatic heterocycles. The maximum absolute atomic E-state index is 11.6. The van der Waals surface area contributed by atoms with Crippen molar-refractivity contribution in [2.75, 3.05) is 27.3 Å². The molecule has 20 heavy (non-hydrogen) atoms. The van der Waals surface area contributed by atoms with Crippen molar-refractivity contribution in [3.05, 3.63) is 33.8 Å². The van der Waals surface area contributed by atoms with Gasteiger partial charge >= 0.3 is 5.97 Å². The van der Waals surface area contributed by atoms with Crippen LogP contribution in [-0.4, -0.2) is 44.3 Å². The summed E-state index contributed by atoms with van der Waals surface area (Å²) >= 11 is 3.55. The van der Waals surface area contributed by atoms with Crippen molar-refractivity contribution in [1.29, 1.82) is 0 Å². The highest BCUT2D eigenvalue weighted by atomic mass is 79.9. The zero-order valence-corrected chi connectivity index (χ0v) is 13.5. The fraction of sp³-hybridized carbons (Fsp3) is 0.533. The zero-order valence-electron chi connectivity index (χ0n) is 11.9. The first-order valence-electron chi connectivity index (χ1n) is 6.76. The van der Waals surface area contributed by atoms with E-state index < -0.39 is 0 Å². The number of halogens is 1. The van der Waals surface area contributed by atoms with Crippen LogP contribution in [0.1, 0.15) is 28.8 Å². The molecule has 1 fully saturated rings. The van der Waals surface area contributed by atoms with E-state index in [9.17, 15) is 4.79 Å². The van der Waals surface area contributed by atoms with Crippen LogP contribution in [0.3, 0.4) is 0 Å². The third-order valence-electron chi connectivity index (χ3n) is 3.73. The van der Waals surface area contributed by atoms with Crippen LogP contribution in [0.2, 0.25) is 0 Å². The van der Waals surface area contributed by atoms with E-state index in [2.05, 4.69) is 20.8 Å². The molecule has 1 aromatic rings. The Morgan fingerprint density at radius 2 is 2.05 bits per heavy atom. The lowest BCUT2D eigenvalue weighted by Gasteiger charge is -2.31. The van der Waals surface area contributed by atoms with Crippen LogP contribution in [0.4, 0.5) is 0 Å². The summed E-state index contributed by atoms with van der Waals surface area (Å²) in [4.78, 5) is 14.0. The molecule has 1 aromatic carbocycles. The minimum absolute atomic E-state index is 0.295. The summed E-state index contributed by atoms with van der Waals surface area (Å²) in [6, 6.07) is 5.58. The van der Waals surface area contributed by atoms with Crippen molar-refractivity contribution >= 4 is 21.9 Å². The number of carbonyl (C=O) groups excluding carboxylic acids is 1. The highest BCUT2D eigenvalue weighted by Crippen LogP contribution is 2.23. The second-order valence-corrected chi connectivity index (χ2v) is 5.86. The number of ether oxygens (including phenoxy) is 2. The second kappa shape index (κ2) is 7.20. The van der Waals surface area contributed by atoms with E-state index in [1.165, 1.54) is 7.11 Å². The number of piperidine rings is 1. The number of esters is 1. The van der Waals surface area contributed by atoms with Gasteiger partial charge in [-0.15, -0.1) is 0 Å². The van der Waals surface area contributed by atoms with Crippen LogP contribution in [0.25, 0.3) is 0 Å². The van der Waals surface area contributed by atoms with Gasteiger partial charge in [-0.25, -0.2) is 4.79 Å². The van der Waals surface area contributed by atoms with E-state index in [0.29, 0.717) is 11.7 Å². The Morgan fingerprint density at radius 3 is 2.65 bits per heavy atom. The van der Waals surface area contributed by atoms with Crippen LogP contribution < -0.4 is 0 Å². The normalized spacial score (nSPS) is 17.1. The number of nitrogens with zero attached hydrogens (tertiary/aromatic N) is 1. The summed E-state index contributed by atoms with van der Waals surface area (Å²) in [5.41, 5.74) is 1.71. The van der Waals surface area contributed by atoms with Gasteiger partial charge in [-0.05, 0) is 36.6 Å². The summed E-state index contributed by atoms with van der Waals surface area (Å²) in [5.74, 6) is -0.295. The average molecular weight is 342 g/mol. The van der Waals surface area contributed by atoms with Gasteiger partial charge in [-0.2, -0.15) is 0 Å². The topological polar surface area (TPSA) is 38.8 Å². The van der Waals surface area contributed by atoms with E-state index >= 15 is 0 Å². The van der Waals surface area contributed by atoms with E-state index in [-0.39, 0.29) is 5.97 Å². The molecule has 1 heterocycles. The van der Waals surface area contributed by atoms with Crippen LogP contribution in [-0.2, 0) is 16.0 Å². The Hall–Kier alpha value is -0.910. The van der Waals surface area contributed by atoms with Crippen LogP contribution in [0.5, 0.6) is 0 Å². The largest absolute Gasteiger partial charge is 0.465 e. The van der Waals surface area contributed by atoms with Crippen molar-refractivity contribution in [1.82, 2.24) is 4.90 Å². The lowest BCUT2D eigenvalue weighted by molar-refractivity contribution is 0.0388. The molecular formula is C15H20BrNO3. The van der Waals surface area contributed by atoms with Gasteiger partial charge in [0.05, 0.1) is 18.8 Å². The van der Waals surface area contributed by atoms with Crippen LogP contribution >= 0.6 is 15.9 Å². The number of hydrogen-bond acceptors (Lipinski definition) is 4. The molecule has 2 rings (SSSR count). The molecule has 4 nitrogen and oxygen atoms in total. The van der Waals surface area contributed by atoms with E-state index in [4.69, 9.17) is 9.47 Å². The first-order valence-corrected chi connectivity index (χ1v) is 7.55. The molecule has 0 unspecified atom stereocenters. The first kappa shape index (κ1) is 15.5. The molecule has 0 bridgehead atoms. The Balaban J connectivity index is 2.03. The van der Waals surface area contributed by atoms with Crippen molar-refractivity contribution < 1.29 is 14.3 Å². The Bertz CT molecular complexity index is 470. The van der Waals surface area contributed by atoms with Gasteiger partial charge in [0.25, 0.3) is 0 Å². The van der Waals surface area contributed by atoms with Gasteiger partial charge in [0, 0.05) is 31.2 Å². The fourth-order valence-corrected chi connectivity index (χ4v) is 2.86. The smallest absolute Gasteiger partial charge is 0.337 e. The van der Waals surface area contributed by atoms with E-state index in [1.54, 1.807) is 13.2 Å². The third kappa shape index (κ3) is 3.81. The number of likely N-dealkylation sites (tertiary alicyclic amines) is 1. The molecular weight excluding hydrogens is 322 g/mol. The predicted molar refractivity (Wildman–Crippen MR) is 80.8 cm³/mol. The lowest BCUT2D eigenvalue weighted by Crippen LogP contribution is -2.36. The molecule has 1 aliphatic rings. The molecule has 110 valence electrons. The number of hydrogen-bond donors (Lipinski definition) is 0. The summed E-state index contributed by atoms with van der Waals surface area (Å²) in [6.07, 6.45) is 2.51. The average Bonchev–Trinajstić information content (AvgIpc) is 2.49. The highest BCUT2D eigenvalue weighted by Gasteiger charge is 2.19. The minimum Gasteiger partial charge on any atom is -0.465 e. The number of carbonyl (C=O) groups is 1. The van der Waals surface area contributed by atoms with Gasteiger partial charge in [0.15, 0.2) is 0 Å². The molecule has 5 heteroatoms. The summed E-state index contributed by atoms with van der Waals surface area (Å²) in [6.45, 7) is 2.88. The number of methoxy groups -OCH3 is 2. The molecule has 1 saturated heterocycles. The predicted octanol–water partition coefficient (Wildman–Crippen LogP) is 2.85. The van der Waals surface area contributed by atoms with E-state index in [1.807, 2.05) is 12.1 Å². The molecule has 0 atom stereocenters. The minimum atomic E-state index is -0.295. The standard InChI is InChI=1S/C15H20BrNO3/c1-19-13-5-7-17(8-6-13)10-12-9-11(15(18)20-2)3-4-14(12)16/h3-4,9,13H,5-8,10H2,1-2H3. The molecule has 0 aliphatic carbocycles. The maximum atomic E-state index is 11.6. The Kier molecular flexibility index (Phi) is 5.57. The Morgan fingerprint density at radius 1 is 1.35 bits per heavy atom. The summed E-state index contributed by atoms with van der Waals surface area (Å²) in [7, 11) is 3.18. The van der Waals surface area contributed by atoms with Gasteiger partial charge < -0.3 is 9.47 Å². The third-order valence-corrected chi connectivity index (χ3v) is 4.50. The lowest BCUT2D eigenvalue weighted by atomic mass is 10.1. The Labute approximate surface area is 128 Å². The quantitative estimate of drug-likeness (QED) is 0.789. The van der Waals surface area contributed by atoms with Gasteiger partial charge in [0.2, 0.25) is 0 Å². The highest BCUT2D eigenvalue weighted by molar-refractivity contribution is 9.10. The fourth-order valence-electron chi connectivity index (χ4n) is 2.48. The van der Waals surface area contributed by atoms with Crippen LogP contribution in [0, 0.1) is 0 Å². The van der Waals surface area contributed by atoms with Crippen molar-refractivity contribution in [3.63, 3.8) is 0 Å². The molecule has 0 spiro atoms. The second-order valence-electron chi connectivity index (χ2n) is 5.01. The molecule has 0 radical (unpaired) electrons. The van der Waals surface area contributed by atoms with Gasteiger partial charge in [-0.3, -0.25) is 4.90 Å². The van der Waals surface area contributed by atoms with Crippen molar-refractivity contribution in [2.45, 2.75) is 25.5 Å². The molecule has 0 amide bonds. The van der Waals surface area contributed by atoms with Crippen molar-refractivity contribution in [3.8, 4) is 0 Å².